The van der Waals surface area contributed by atoms with Crippen molar-refractivity contribution in [1.82, 2.24) is 0 Å². The van der Waals surface area contributed by atoms with E-state index in [1.807, 2.05) is 0 Å². The fourth-order valence-electron chi connectivity index (χ4n) is 4.11. The summed E-state index contributed by atoms with van der Waals surface area (Å²) in [6.07, 6.45) is 2.59. The van der Waals surface area contributed by atoms with E-state index in [-0.39, 0.29) is 4.87 Å². The summed E-state index contributed by atoms with van der Waals surface area (Å²) in [5.41, 5.74) is 1.02. The highest BCUT2D eigenvalue weighted by Gasteiger charge is 2.85. The monoisotopic (exact) mass is 170 g/mol. The molecule has 0 aromatic rings. The van der Waals surface area contributed by atoms with Gasteiger partial charge in [0.05, 0.1) is 4.87 Å². The third-order valence-corrected chi connectivity index (χ3v) is 6.25. The first-order valence-electron chi connectivity index (χ1n) is 4.62. The second-order valence-electron chi connectivity index (χ2n) is 5.49. The molecule has 0 radical (unpaired) electrons. The van der Waals surface area contributed by atoms with Crippen molar-refractivity contribution in [3.63, 3.8) is 0 Å². The van der Waals surface area contributed by atoms with E-state index in [0.717, 1.165) is 11.8 Å². The minimum absolute atomic E-state index is 0.178. The fraction of sp³-hybridized carbons (Fsp3) is 1.00. The third kappa shape index (κ3) is 0.395. The van der Waals surface area contributed by atoms with Gasteiger partial charge in [0.15, 0.2) is 0 Å². The number of hydrogen-bond acceptors (Lipinski definition) is 0. The lowest BCUT2D eigenvalue weighted by Crippen LogP contribution is -2.34. The molecule has 4 fully saturated rings. The summed E-state index contributed by atoms with van der Waals surface area (Å²) in [6.45, 7) is 7.18. The average molecular weight is 171 g/mol. The van der Waals surface area contributed by atoms with E-state index < -0.39 is 0 Å². The molecule has 0 aromatic heterocycles. The van der Waals surface area contributed by atoms with Crippen LogP contribution in [-0.4, -0.2) is 4.87 Å². The van der Waals surface area contributed by atoms with Crippen LogP contribution in [0.5, 0.6) is 0 Å². The zero-order chi connectivity index (χ0) is 8.07. The molecule has 0 aromatic carbocycles. The molecule has 1 heteroatoms. The summed E-state index contributed by atoms with van der Waals surface area (Å²) in [7, 11) is 0. The minimum Gasteiger partial charge on any atom is -0.119 e. The first-order valence-corrected chi connectivity index (χ1v) is 5.00. The minimum atomic E-state index is 0.178. The zero-order valence-corrected chi connectivity index (χ0v) is 8.20. The van der Waals surface area contributed by atoms with Crippen LogP contribution in [0.2, 0.25) is 0 Å². The van der Waals surface area contributed by atoms with E-state index in [1.54, 1.807) is 0 Å². The first kappa shape index (κ1) is 6.77. The third-order valence-electron chi connectivity index (χ3n) is 5.47. The van der Waals surface area contributed by atoms with E-state index in [0.29, 0.717) is 10.8 Å². The van der Waals surface area contributed by atoms with Crippen LogP contribution in [0.25, 0.3) is 0 Å². The summed E-state index contributed by atoms with van der Waals surface area (Å²) in [5.74, 6) is 1.96. The van der Waals surface area contributed by atoms with Gasteiger partial charge in [-0.15, -0.1) is 11.6 Å². The predicted molar refractivity (Wildman–Crippen MR) is 46.7 cm³/mol. The van der Waals surface area contributed by atoms with Crippen LogP contribution >= 0.6 is 11.6 Å². The molecule has 2 unspecified atom stereocenters. The lowest BCUT2D eigenvalue weighted by Gasteiger charge is -2.35. The molecule has 4 aliphatic carbocycles. The second-order valence-corrected chi connectivity index (χ2v) is 6.22. The van der Waals surface area contributed by atoms with Gasteiger partial charge in [0.25, 0.3) is 0 Å². The number of halogens is 1. The van der Waals surface area contributed by atoms with Crippen LogP contribution in [0.3, 0.4) is 0 Å². The molecule has 62 valence electrons. The van der Waals surface area contributed by atoms with E-state index in [2.05, 4.69) is 20.8 Å². The Morgan fingerprint density at radius 1 is 1.09 bits per heavy atom. The van der Waals surface area contributed by atoms with Crippen LogP contribution in [0.1, 0.15) is 33.6 Å². The van der Waals surface area contributed by atoms with Crippen molar-refractivity contribution in [2.45, 2.75) is 38.5 Å². The number of hydrogen-bond donors (Lipinski definition) is 0. The van der Waals surface area contributed by atoms with Gasteiger partial charge in [0.1, 0.15) is 0 Å². The van der Waals surface area contributed by atoms with Crippen molar-refractivity contribution in [3.05, 3.63) is 0 Å². The molecule has 0 amide bonds. The van der Waals surface area contributed by atoms with Crippen LogP contribution in [0.15, 0.2) is 0 Å². The lowest BCUT2D eigenvalue weighted by atomic mass is 9.76. The molecule has 0 spiro atoms. The summed E-state index contributed by atoms with van der Waals surface area (Å²) >= 11 is 6.60. The summed E-state index contributed by atoms with van der Waals surface area (Å²) < 4.78 is 0. The Hall–Kier alpha value is 0.290. The second kappa shape index (κ2) is 1.28. The maximum absolute atomic E-state index is 6.60. The van der Waals surface area contributed by atoms with Crippen molar-refractivity contribution < 1.29 is 0 Å². The van der Waals surface area contributed by atoms with Gasteiger partial charge in [0, 0.05) is 0 Å². The maximum Gasteiger partial charge on any atom is 0.0508 e. The SMILES string of the molecule is CC12C3CC(Cl)(CC31)C2(C)C. The van der Waals surface area contributed by atoms with Crippen LogP contribution in [-0.2, 0) is 0 Å². The van der Waals surface area contributed by atoms with Crippen molar-refractivity contribution in [2.75, 3.05) is 0 Å². The standard InChI is InChI=1S/C10H15Cl/c1-8(2)9(3)6-4-10(8,11)5-7(6)9/h6-7H,4-5H2,1-3H3. The van der Waals surface area contributed by atoms with Gasteiger partial charge in [0.2, 0.25) is 0 Å². The molecular weight excluding hydrogens is 156 g/mol. The fourth-order valence-corrected chi connectivity index (χ4v) is 4.64. The maximum atomic E-state index is 6.60. The highest BCUT2D eigenvalue weighted by Crippen LogP contribution is 2.88. The van der Waals surface area contributed by atoms with E-state index in [4.69, 9.17) is 11.6 Å². The highest BCUT2D eigenvalue weighted by molar-refractivity contribution is 6.25. The Labute approximate surface area is 73.3 Å². The molecule has 0 nitrogen and oxygen atoms in total. The molecular formula is C10H15Cl. The molecule has 0 heterocycles. The van der Waals surface area contributed by atoms with Crippen molar-refractivity contribution in [2.24, 2.45) is 22.7 Å². The van der Waals surface area contributed by atoms with Crippen molar-refractivity contribution in [1.29, 1.82) is 0 Å². The van der Waals surface area contributed by atoms with Gasteiger partial charge in [-0.25, -0.2) is 0 Å². The largest absolute Gasteiger partial charge is 0.119 e. The van der Waals surface area contributed by atoms with Crippen molar-refractivity contribution >= 4 is 11.6 Å². The summed E-state index contributed by atoms with van der Waals surface area (Å²) in [6, 6.07) is 0. The van der Waals surface area contributed by atoms with Crippen LogP contribution in [0.4, 0.5) is 0 Å². The first-order chi connectivity index (χ1) is 4.93. The van der Waals surface area contributed by atoms with Gasteiger partial charge in [-0.2, -0.15) is 0 Å². The van der Waals surface area contributed by atoms with Crippen molar-refractivity contribution in [3.8, 4) is 0 Å². The normalized spacial score (nSPS) is 68.7. The van der Waals surface area contributed by atoms with Crippen LogP contribution in [0, 0.1) is 22.7 Å². The summed E-state index contributed by atoms with van der Waals surface area (Å²) in [4.78, 5) is 0.178. The Morgan fingerprint density at radius 2 is 1.55 bits per heavy atom. The van der Waals surface area contributed by atoms with E-state index in [1.165, 1.54) is 12.8 Å². The quantitative estimate of drug-likeness (QED) is 0.491. The van der Waals surface area contributed by atoms with Gasteiger partial charge in [-0.1, -0.05) is 20.8 Å². The lowest BCUT2D eigenvalue weighted by molar-refractivity contribution is 0.216. The summed E-state index contributed by atoms with van der Waals surface area (Å²) in [5, 5.41) is 0. The Morgan fingerprint density at radius 3 is 1.64 bits per heavy atom. The number of alkyl halides is 1. The molecule has 0 saturated heterocycles. The van der Waals surface area contributed by atoms with Gasteiger partial charge >= 0.3 is 0 Å². The molecule has 4 rings (SSSR count). The molecule has 4 aliphatic rings. The molecule has 0 aliphatic heterocycles. The van der Waals surface area contributed by atoms with E-state index >= 15 is 0 Å². The van der Waals surface area contributed by atoms with Gasteiger partial charge < -0.3 is 0 Å². The molecule has 4 bridgehead atoms. The molecule has 4 saturated carbocycles. The highest BCUT2D eigenvalue weighted by atomic mass is 35.5. The topological polar surface area (TPSA) is 0 Å². The Kier molecular flexibility index (Phi) is 0.791. The Balaban J connectivity index is 2.20. The van der Waals surface area contributed by atoms with Gasteiger partial charge in [-0.3, -0.25) is 0 Å². The predicted octanol–water partition coefficient (Wildman–Crippen LogP) is 3.05. The number of rotatable bonds is 0. The average Bonchev–Trinajstić information content (AvgIpc) is 2.20. The molecule has 2 atom stereocenters. The smallest absolute Gasteiger partial charge is 0.0508 e. The Bertz CT molecular complexity index is 223. The molecule has 11 heavy (non-hydrogen) atoms. The van der Waals surface area contributed by atoms with E-state index in [9.17, 15) is 0 Å². The van der Waals surface area contributed by atoms with Gasteiger partial charge in [-0.05, 0) is 35.5 Å². The molecule has 0 N–H and O–H groups in total. The van der Waals surface area contributed by atoms with Crippen LogP contribution < -0.4 is 0 Å². The zero-order valence-electron chi connectivity index (χ0n) is 7.45.